The average Bonchev–Trinajstić information content (AvgIpc) is 3.59. The van der Waals surface area contributed by atoms with Crippen LogP contribution in [0.2, 0.25) is 0 Å². The summed E-state index contributed by atoms with van der Waals surface area (Å²) in [7, 11) is 4.51. The summed E-state index contributed by atoms with van der Waals surface area (Å²) in [4.78, 5) is 32.5. The Morgan fingerprint density at radius 3 is 2.29 bits per heavy atom. The Balaban J connectivity index is 1.33. The minimum Gasteiger partial charge on any atom is -0.493 e. The molecule has 0 bridgehead atoms. The number of benzene rings is 3. The molecule has 0 fully saturated rings. The predicted octanol–water partition coefficient (Wildman–Crippen LogP) is 5.60. The number of hydrogen-bond donors (Lipinski definition) is 1. The topological polar surface area (TPSA) is 90.0 Å². The highest BCUT2D eigenvalue weighted by Gasteiger charge is 2.26. The summed E-state index contributed by atoms with van der Waals surface area (Å²) in [5.41, 5.74) is 5.85. The maximum absolute atomic E-state index is 13.1. The molecule has 0 saturated carbocycles. The van der Waals surface area contributed by atoms with Crippen molar-refractivity contribution < 1.29 is 23.8 Å². The molecule has 2 heterocycles. The van der Waals surface area contributed by atoms with Crippen LogP contribution in [0.25, 0.3) is 11.3 Å². The Labute approximate surface area is 224 Å². The summed E-state index contributed by atoms with van der Waals surface area (Å²) in [6.07, 6.45) is 0.773. The van der Waals surface area contributed by atoms with Gasteiger partial charge in [0.2, 0.25) is 5.75 Å². The average molecular weight is 530 g/mol. The minimum absolute atomic E-state index is 0.00181. The zero-order valence-electron chi connectivity index (χ0n) is 21.5. The molecule has 2 amide bonds. The molecule has 4 aromatic rings. The third-order valence-corrected chi connectivity index (χ3v) is 7.22. The van der Waals surface area contributed by atoms with Crippen molar-refractivity contribution in [3.8, 4) is 28.5 Å². The van der Waals surface area contributed by atoms with E-state index in [2.05, 4.69) is 16.4 Å². The fourth-order valence-corrected chi connectivity index (χ4v) is 5.18. The molecule has 0 aliphatic carbocycles. The molecule has 1 aromatic heterocycles. The number of hydrogen-bond acceptors (Lipinski definition) is 7. The summed E-state index contributed by atoms with van der Waals surface area (Å²) in [6.45, 7) is 2.64. The lowest BCUT2D eigenvalue weighted by molar-refractivity contribution is 0.0987. The first-order valence-electron chi connectivity index (χ1n) is 12.0. The lowest BCUT2D eigenvalue weighted by atomic mass is 10.1. The summed E-state index contributed by atoms with van der Waals surface area (Å²) in [5.74, 6) is 0.861. The first-order chi connectivity index (χ1) is 18.4. The number of methoxy groups -OCH3 is 3. The monoisotopic (exact) mass is 529 g/mol. The number of aryl methyl sites for hydroxylation is 1. The van der Waals surface area contributed by atoms with Crippen molar-refractivity contribution in [2.24, 2.45) is 0 Å². The Morgan fingerprint density at radius 2 is 1.63 bits per heavy atom. The summed E-state index contributed by atoms with van der Waals surface area (Å²) >= 11 is 1.34. The lowest BCUT2D eigenvalue weighted by Crippen LogP contribution is -2.28. The van der Waals surface area contributed by atoms with Gasteiger partial charge in [-0.05, 0) is 55.3 Å². The normalized spacial score (nSPS) is 12.2. The van der Waals surface area contributed by atoms with E-state index in [0.29, 0.717) is 40.1 Å². The highest BCUT2D eigenvalue weighted by Crippen LogP contribution is 2.39. The fraction of sp³-hybridized carbons (Fsp3) is 0.207. The van der Waals surface area contributed by atoms with E-state index in [1.165, 1.54) is 32.7 Å². The van der Waals surface area contributed by atoms with E-state index in [0.717, 1.165) is 34.5 Å². The van der Waals surface area contributed by atoms with Gasteiger partial charge in [-0.1, -0.05) is 23.8 Å². The maximum atomic E-state index is 13.1. The number of nitrogens with one attached hydrogen (secondary N) is 1. The Kier molecular flexibility index (Phi) is 7.02. The largest absolute Gasteiger partial charge is 0.493 e. The molecule has 3 aromatic carbocycles. The first kappa shape index (κ1) is 25.3. The SMILES string of the molecule is COc1cc(C(=O)Nc2nc(-c3ccc4c(c3)CCN4C(=O)c3ccc(C)cc3)cs2)cc(OC)c1OC. The van der Waals surface area contributed by atoms with Crippen LogP contribution in [-0.4, -0.2) is 44.7 Å². The summed E-state index contributed by atoms with van der Waals surface area (Å²) < 4.78 is 16.0. The number of ether oxygens (including phenoxy) is 3. The van der Waals surface area contributed by atoms with Crippen LogP contribution >= 0.6 is 11.3 Å². The second-order valence-electron chi connectivity index (χ2n) is 8.82. The second-order valence-corrected chi connectivity index (χ2v) is 9.68. The number of aromatic nitrogens is 1. The van der Waals surface area contributed by atoms with Gasteiger partial charge in [-0.3, -0.25) is 14.9 Å². The number of amides is 2. The molecular formula is C29H27N3O5S. The third kappa shape index (κ3) is 4.80. The van der Waals surface area contributed by atoms with Gasteiger partial charge in [-0.15, -0.1) is 11.3 Å². The van der Waals surface area contributed by atoms with Crippen molar-refractivity contribution in [3.05, 3.63) is 82.2 Å². The van der Waals surface area contributed by atoms with Gasteiger partial charge < -0.3 is 19.1 Å². The molecule has 9 heteroatoms. The molecule has 194 valence electrons. The maximum Gasteiger partial charge on any atom is 0.258 e. The highest BCUT2D eigenvalue weighted by molar-refractivity contribution is 7.14. The van der Waals surface area contributed by atoms with Gasteiger partial charge in [0.15, 0.2) is 16.6 Å². The van der Waals surface area contributed by atoms with Crippen LogP contribution in [0.15, 0.2) is 60.0 Å². The van der Waals surface area contributed by atoms with Crippen molar-refractivity contribution in [1.82, 2.24) is 4.98 Å². The van der Waals surface area contributed by atoms with E-state index in [9.17, 15) is 9.59 Å². The van der Waals surface area contributed by atoms with Crippen LogP contribution in [0.5, 0.6) is 17.2 Å². The molecule has 8 nitrogen and oxygen atoms in total. The molecule has 1 N–H and O–H groups in total. The van der Waals surface area contributed by atoms with Gasteiger partial charge in [0.25, 0.3) is 11.8 Å². The Morgan fingerprint density at radius 1 is 0.921 bits per heavy atom. The Hall–Kier alpha value is -4.37. The lowest BCUT2D eigenvalue weighted by Gasteiger charge is -2.17. The molecule has 0 unspecified atom stereocenters. The molecule has 38 heavy (non-hydrogen) atoms. The zero-order chi connectivity index (χ0) is 26.8. The number of fused-ring (bicyclic) bond motifs is 1. The van der Waals surface area contributed by atoms with Crippen LogP contribution in [0.3, 0.4) is 0 Å². The van der Waals surface area contributed by atoms with Crippen LogP contribution < -0.4 is 24.4 Å². The second kappa shape index (κ2) is 10.5. The van der Waals surface area contributed by atoms with Crippen molar-refractivity contribution in [2.75, 3.05) is 38.1 Å². The molecule has 0 saturated heterocycles. The van der Waals surface area contributed by atoms with Crippen LogP contribution in [0.4, 0.5) is 10.8 Å². The van der Waals surface area contributed by atoms with Crippen LogP contribution in [0, 0.1) is 6.92 Å². The van der Waals surface area contributed by atoms with E-state index in [1.807, 2.05) is 53.6 Å². The van der Waals surface area contributed by atoms with Crippen LogP contribution in [-0.2, 0) is 6.42 Å². The zero-order valence-corrected chi connectivity index (χ0v) is 22.3. The third-order valence-electron chi connectivity index (χ3n) is 6.47. The van der Waals surface area contributed by atoms with Gasteiger partial charge in [-0.25, -0.2) is 4.98 Å². The highest BCUT2D eigenvalue weighted by atomic mass is 32.1. The van der Waals surface area contributed by atoms with E-state index >= 15 is 0 Å². The smallest absolute Gasteiger partial charge is 0.258 e. The Bertz CT molecular complexity index is 1490. The predicted molar refractivity (Wildman–Crippen MR) is 148 cm³/mol. The van der Waals surface area contributed by atoms with E-state index in [-0.39, 0.29) is 11.8 Å². The van der Waals surface area contributed by atoms with Gasteiger partial charge in [0.1, 0.15) is 0 Å². The van der Waals surface area contributed by atoms with Gasteiger partial charge in [-0.2, -0.15) is 0 Å². The number of carbonyl (C=O) groups excluding carboxylic acids is 2. The van der Waals surface area contributed by atoms with Crippen molar-refractivity contribution >= 4 is 34.0 Å². The van der Waals surface area contributed by atoms with E-state index in [1.54, 1.807) is 12.1 Å². The van der Waals surface area contributed by atoms with Gasteiger partial charge >= 0.3 is 0 Å². The first-order valence-corrected chi connectivity index (χ1v) is 12.9. The van der Waals surface area contributed by atoms with Crippen molar-refractivity contribution in [1.29, 1.82) is 0 Å². The molecule has 5 rings (SSSR count). The molecule has 0 atom stereocenters. The van der Waals surface area contributed by atoms with E-state index in [4.69, 9.17) is 14.2 Å². The standard InChI is InChI=1S/C29H27N3O5S/c1-17-5-7-18(8-6-17)28(34)32-12-11-20-13-19(9-10-23(20)32)22-16-38-29(30-22)31-27(33)21-14-24(35-2)26(37-4)25(15-21)36-3/h5-10,13-16H,11-12H2,1-4H3,(H,30,31,33). The number of rotatable bonds is 7. The van der Waals surface area contributed by atoms with Crippen molar-refractivity contribution in [3.63, 3.8) is 0 Å². The van der Waals surface area contributed by atoms with E-state index < -0.39 is 0 Å². The number of nitrogens with zero attached hydrogens (tertiary/aromatic N) is 2. The quantitative estimate of drug-likeness (QED) is 0.335. The molecule has 1 aliphatic rings. The molecular weight excluding hydrogens is 502 g/mol. The minimum atomic E-state index is -0.343. The van der Waals surface area contributed by atoms with Gasteiger partial charge in [0, 0.05) is 34.3 Å². The van der Waals surface area contributed by atoms with Gasteiger partial charge in [0.05, 0.1) is 27.0 Å². The van der Waals surface area contributed by atoms with Crippen LogP contribution in [0.1, 0.15) is 31.8 Å². The number of anilines is 2. The number of carbonyl (C=O) groups is 2. The fourth-order valence-electron chi connectivity index (χ4n) is 4.47. The molecule has 0 spiro atoms. The summed E-state index contributed by atoms with van der Waals surface area (Å²) in [5, 5.41) is 5.22. The number of thiazole rings is 1. The summed E-state index contributed by atoms with van der Waals surface area (Å²) in [6, 6.07) is 16.8. The molecule has 1 aliphatic heterocycles. The van der Waals surface area contributed by atoms with Crippen molar-refractivity contribution in [2.45, 2.75) is 13.3 Å². The molecule has 0 radical (unpaired) electrons.